The van der Waals surface area contributed by atoms with Crippen molar-refractivity contribution >= 4 is 5.91 Å². The molecule has 1 amide bonds. The number of nitrogens with one attached hydrogen (secondary N) is 1. The molecule has 0 saturated carbocycles. The Labute approximate surface area is 170 Å². The van der Waals surface area contributed by atoms with Crippen LogP contribution in [-0.4, -0.2) is 47.1 Å². The van der Waals surface area contributed by atoms with Gasteiger partial charge in [-0.1, -0.05) is 12.1 Å². The highest BCUT2D eigenvalue weighted by Crippen LogP contribution is 2.43. The van der Waals surface area contributed by atoms with Crippen molar-refractivity contribution in [3.05, 3.63) is 78.4 Å². The third-order valence-corrected chi connectivity index (χ3v) is 6.20. The number of rotatable bonds is 4. The maximum atomic E-state index is 13.4. The van der Waals surface area contributed by atoms with Crippen LogP contribution < -0.4 is 10.1 Å². The number of hydrogen-bond donors (Lipinski definition) is 1. The van der Waals surface area contributed by atoms with Gasteiger partial charge in [0.15, 0.2) is 0 Å². The topological polar surface area (TPSA) is 59.4 Å². The number of nitrogens with zero attached hydrogens (tertiary/aromatic N) is 3. The SMILES string of the molecule is COc1ccc([C@H]2[C@H]3CNC[C@H]3CN2C(=O)c2ccc(-n3ccnc3)cc2)cc1. The second kappa shape index (κ2) is 7.37. The molecule has 6 heteroatoms. The molecule has 3 heterocycles. The molecular formula is C23H24N4O2. The fourth-order valence-corrected chi connectivity index (χ4v) is 4.71. The fourth-order valence-electron chi connectivity index (χ4n) is 4.71. The van der Waals surface area contributed by atoms with E-state index in [2.05, 4.69) is 27.3 Å². The van der Waals surface area contributed by atoms with Gasteiger partial charge in [-0.2, -0.15) is 0 Å². The van der Waals surface area contributed by atoms with Crippen LogP contribution in [0.5, 0.6) is 5.75 Å². The van der Waals surface area contributed by atoms with Crippen molar-refractivity contribution in [2.45, 2.75) is 6.04 Å². The van der Waals surface area contributed by atoms with Gasteiger partial charge < -0.3 is 19.5 Å². The molecule has 1 aromatic heterocycles. The Balaban J connectivity index is 1.43. The standard InChI is InChI=1S/C23H24N4O2/c1-29-20-8-4-16(5-9-20)22-21-13-25-12-18(21)14-27(22)23(28)17-2-6-19(7-3-17)26-11-10-24-15-26/h2-11,15,18,21-22,25H,12-14H2,1H3/t18-,21-,22-/m0/s1. The molecule has 148 valence electrons. The number of aromatic nitrogens is 2. The zero-order valence-corrected chi connectivity index (χ0v) is 16.4. The van der Waals surface area contributed by atoms with Gasteiger partial charge in [-0.3, -0.25) is 4.79 Å². The lowest BCUT2D eigenvalue weighted by atomic mass is 9.89. The largest absolute Gasteiger partial charge is 0.497 e. The van der Waals surface area contributed by atoms with Crippen LogP contribution in [0, 0.1) is 11.8 Å². The van der Waals surface area contributed by atoms with E-state index < -0.39 is 0 Å². The quantitative estimate of drug-likeness (QED) is 0.747. The van der Waals surface area contributed by atoms with E-state index in [1.807, 2.05) is 47.2 Å². The average molecular weight is 388 g/mol. The van der Waals surface area contributed by atoms with Crippen molar-refractivity contribution in [3.8, 4) is 11.4 Å². The number of carbonyl (C=O) groups is 1. The number of amides is 1. The van der Waals surface area contributed by atoms with Crippen molar-refractivity contribution in [1.82, 2.24) is 19.8 Å². The molecule has 0 radical (unpaired) electrons. The molecule has 0 aliphatic carbocycles. The number of methoxy groups -OCH3 is 1. The molecule has 2 aliphatic rings. The third-order valence-electron chi connectivity index (χ3n) is 6.20. The number of likely N-dealkylation sites (tertiary alicyclic amines) is 1. The summed E-state index contributed by atoms with van der Waals surface area (Å²) in [5.74, 6) is 1.87. The fraction of sp³-hybridized carbons (Fsp3) is 0.304. The molecule has 29 heavy (non-hydrogen) atoms. The van der Waals surface area contributed by atoms with Crippen LogP contribution in [-0.2, 0) is 0 Å². The van der Waals surface area contributed by atoms with Gasteiger partial charge in [0, 0.05) is 49.2 Å². The number of ether oxygens (including phenoxy) is 1. The summed E-state index contributed by atoms with van der Waals surface area (Å²) in [6.45, 7) is 2.71. The molecule has 0 spiro atoms. The van der Waals surface area contributed by atoms with Gasteiger partial charge in [-0.25, -0.2) is 4.98 Å². The predicted molar refractivity (Wildman–Crippen MR) is 110 cm³/mol. The minimum atomic E-state index is 0.0849. The summed E-state index contributed by atoms with van der Waals surface area (Å²) in [4.78, 5) is 19.6. The second-order valence-electron chi connectivity index (χ2n) is 7.77. The summed E-state index contributed by atoms with van der Waals surface area (Å²) in [5, 5.41) is 3.50. The summed E-state index contributed by atoms with van der Waals surface area (Å²) < 4.78 is 7.24. The van der Waals surface area contributed by atoms with Gasteiger partial charge >= 0.3 is 0 Å². The molecule has 3 atom stereocenters. The minimum Gasteiger partial charge on any atom is -0.497 e. The van der Waals surface area contributed by atoms with Crippen LogP contribution in [0.3, 0.4) is 0 Å². The van der Waals surface area contributed by atoms with Gasteiger partial charge in [-0.05, 0) is 47.9 Å². The van der Waals surface area contributed by atoms with Crippen LogP contribution >= 0.6 is 0 Å². The van der Waals surface area contributed by atoms with Crippen molar-refractivity contribution in [1.29, 1.82) is 0 Å². The first kappa shape index (κ1) is 17.9. The summed E-state index contributed by atoms with van der Waals surface area (Å²) >= 11 is 0. The van der Waals surface area contributed by atoms with Crippen molar-refractivity contribution < 1.29 is 9.53 Å². The Morgan fingerprint density at radius 1 is 1.10 bits per heavy atom. The van der Waals surface area contributed by atoms with Gasteiger partial charge in [0.1, 0.15) is 5.75 Å². The van der Waals surface area contributed by atoms with Crippen LogP contribution in [0.1, 0.15) is 22.0 Å². The highest BCUT2D eigenvalue weighted by Gasteiger charge is 2.46. The Morgan fingerprint density at radius 2 is 1.90 bits per heavy atom. The molecule has 6 nitrogen and oxygen atoms in total. The van der Waals surface area contributed by atoms with Crippen molar-refractivity contribution in [2.75, 3.05) is 26.7 Å². The Hall–Kier alpha value is -3.12. The van der Waals surface area contributed by atoms with E-state index in [1.54, 1.807) is 19.6 Å². The Morgan fingerprint density at radius 3 is 2.59 bits per heavy atom. The maximum absolute atomic E-state index is 13.4. The monoisotopic (exact) mass is 388 g/mol. The van der Waals surface area contributed by atoms with Gasteiger partial charge in [0.2, 0.25) is 0 Å². The van der Waals surface area contributed by atoms with Gasteiger partial charge in [0.05, 0.1) is 19.5 Å². The first-order chi connectivity index (χ1) is 14.2. The summed E-state index contributed by atoms with van der Waals surface area (Å²) in [6, 6.07) is 16.0. The number of imidazole rings is 1. The lowest BCUT2D eigenvalue weighted by Gasteiger charge is -2.28. The van der Waals surface area contributed by atoms with E-state index in [4.69, 9.17) is 4.74 Å². The smallest absolute Gasteiger partial charge is 0.254 e. The Kier molecular flexibility index (Phi) is 4.56. The van der Waals surface area contributed by atoms with Crippen LogP contribution in [0.25, 0.3) is 5.69 Å². The lowest BCUT2D eigenvalue weighted by molar-refractivity contribution is 0.0714. The van der Waals surface area contributed by atoms with Crippen LogP contribution in [0.2, 0.25) is 0 Å². The van der Waals surface area contributed by atoms with E-state index in [9.17, 15) is 4.79 Å². The minimum absolute atomic E-state index is 0.0849. The zero-order valence-electron chi connectivity index (χ0n) is 16.4. The summed E-state index contributed by atoms with van der Waals surface area (Å²) in [5.41, 5.74) is 2.89. The molecule has 0 bridgehead atoms. The van der Waals surface area contributed by atoms with E-state index in [-0.39, 0.29) is 11.9 Å². The molecule has 3 aromatic rings. The molecular weight excluding hydrogens is 364 g/mol. The van der Waals surface area contributed by atoms with Crippen molar-refractivity contribution in [2.24, 2.45) is 11.8 Å². The molecule has 2 saturated heterocycles. The lowest BCUT2D eigenvalue weighted by Crippen LogP contribution is -2.34. The molecule has 0 unspecified atom stereocenters. The van der Waals surface area contributed by atoms with Gasteiger partial charge in [-0.15, -0.1) is 0 Å². The van der Waals surface area contributed by atoms with E-state index in [0.717, 1.165) is 36.6 Å². The number of fused-ring (bicyclic) bond motifs is 1. The summed E-state index contributed by atoms with van der Waals surface area (Å²) in [7, 11) is 1.67. The molecule has 2 fully saturated rings. The highest BCUT2D eigenvalue weighted by molar-refractivity contribution is 5.95. The molecule has 5 rings (SSSR count). The first-order valence-electron chi connectivity index (χ1n) is 9.98. The molecule has 2 aromatic carbocycles. The average Bonchev–Trinajstić information content (AvgIpc) is 3.51. The predicted octanol–water partition coefficient (Wildman–Crippen LogP) is 2.91. The van der Waals surface area contributed by atoms with E-state index in [0.29, 0.717) is 11.8 Å². The maximum Gasteiger partial charge on any atom is 0.254 e. The van der Waals surface area contributed by atoms with E-state index in [1.165, 1.54) is 5.56 Å². The van der Waals surface area contributed by atoms with Crippen molar-refractivity contribution in [3.63, 3.8) is 0 Å². The third kappa shape index (κ3) is 3.19. The zero-order chi connectivity index (χ0) is 19.8. The number of benzene rings is 2. The van der Waals surface area contributed by atoms with E-state index >= 15 is 0 Å². The molecule has 2 aliphatic heterocycles. The number of carbonyl (C=O) groups excluding carboxylic acids is 1. The first-order valence-corrected chi connectivity index (χ1v) is 9.98. The second-order valence-corrected chi connectivity index (χ2v) is 7.77. The normalized spacial score (nSPS) is 23.2. The van der Waals surface area contributed by atoms with Gasteiger partial charge in [0.25, 0.3) is 5.91 Å². The van der Waals surface area contributed by atoms with Crippen LogP contribution in [0.15, 0.2) is 67.3 Å². The Bertz CT molecular complexity index is 983. The van der Waals surface area contributed by atoms with Crippen LogP contribution in [0.4, 0.5) is 0 Å². The summed E-state index contributed by atoms with van der Waals surface area (Å²) in [6.07, 6.45) is 5.39. The number of hydrogen-bond acceptors (Lipinski definition) is 4. The molecule has 1 N–H and O–H groups in total. The highest BCUT2D eigenvalue weighted by atomic mass is 16.5.